The number of aromatic nitrogens is 1. The summed E-state index contributed by atoms with van der Waals surface area (Å²) in [6.07, 6.45) is 4.01. The summed E-state index contributed by atoms with van der Waals surface area (Å²) in [5.41, 5.74) is 0.718. The molecule has 0 aliphatic heterocycles. The maximum absolute atomic E-state index is 12.0. The highest BCUT2D eigenvalue weighted by Crippen LogP contribution is 2.15. The highest BCUT2D eigenvalue weighted by molar-refractivity contribution is 9.10. The van der Waals surface area contributed by atoms with Crippen molar-refractivity contribution in [2.24, 2.45) is 5.92 Å². The van der Waals surface area contributed by atoms with Gasteiger partial charge in [-0.3, -0.25) is 4.79 Å². The van der Waals surface area contributed by atoms with Gasteiger partial charge in [-0.2, -0.15) is 11.8 Å². The lowest BCUT2D eigenvalue weighted by molar-refractivity contribution is 0.0940. The summed E-state index contributed by atoms with van der Waals surface area (Å²) in [4.78, 5) is 12.0. The van der Waals surface area contributed by atoms with Gasteiger partial charge in [0, 0.05) is 23.8 Å². The van der Waals surface area contributed by atoms with Gasteiger partial charge < -0.3 is 9.88 Å². The molecular formula is C12H19BrN2OS. The normalized spacial score (nSPS) is 12.5. The molecule has 0 saturated carbocycles. The quantitative estimate of drug-likeness (QED) is 0.874. The predicted molar refractivity (Wildman–Crippen MR) is 77.7 cm³/mol. The minimum absolute atomic E-state index is 0.00510. The fraction of sp³-hybridized carbons (Fsp3) is 0.583. The fourth-order valence-corrected chi connectivity index (χ4v) is 2.78. The first-order chi connectivity index (χ1) is 8.08. The van der Waals surface area contributed by atoms with Crippen LogP contribution in [0.1, 0.15) is 24.3 Å². The highest BCUT2D eigenvalue weighted by atomic mass is 79.9. The van der Waals surface area contributed by atoms with E-state index >= 15 is 0 Å². The van der Waals surface area contributed by atoms with Crippen molar-refractivity contribution in [3.63, 3.8) is 0 Å². The highest BCUT2D eigenvalue weighted by Gasteiger charge is 2.12. The van der Waals surface area contributed by atoms with Crippen LogP contribution >= 0.6 is 27.7 Å². The van der Waals surface area contributed by atoms with Crippen LogP contribution in [-0.4, -0.2) is 29.0 Å². The molecule has 3 nitrogen and oxygen atoms in total. The molecule has 0 fully saturated rings. The molecule has 1 aromatic rings. The van der Waals surface area contributed by atoms with E-state index in [2.05, 4.69) is 34.4 Å². The second kappa shape index (κ2) is 7.11. The molecule has 17 heavy (non-hydrogen) atoms. The van der Waals surface area contributed by atoms with Gasteiger partial charge in [-0.15, -0.1) is 0 Å². The first-order valence-electron chi connectivity index (χ1n) is 5.71. The second-order valence-electron chi connectivity index (χ2n) is 4.10. The Morgan fingerprint density at radius 1 is 1.65 bits per heavy atom. The summed E-state index contributed by atoms with van der Waals surface area (Å²) in [5, 5.41) is 2.98. The third-order valence-electron chi connectivity index (χ3n) is 2.50. The van der Waals surface area contributed by atoms with Gasteiger partial charge in [0.2, 0.25) is 0 Å². The van der Waals surface area contributed by atoms with E-state index in [1.165, 1.54) is 0 Å². The van der Waals surface area contributed by atoms with Crippen molar-refractivity contribution < 1.29 is 4.79 Å². The van der Waals surface area contributed by atoms with Crippen molar-refractivity contribution >= 4 is 33.6 Å². The van der Waals surface area contributed by atoms with Crippen molar-refractivity contribution in [3.8, 4) is 0 Å². The Kier molecular flexibility index (Phi) is 6.12. The molecular weight excluding hydrogens is 300 g/mol. The number of thioether (sulfide) groups is 1. The Morgan fingerprint density at radius 3 is 2.94 bits per heavy atom. The monoisotopic (exact) mass is 318 g/mol. The molecule has 0 aromatic carbocycles. The number of rotatable bonds is 6. The number of carbonyl (C=O) groups excluding carboxylic acids is 1. The molecule has 1 unspecified atom stereocenters. The van der Waals surface area contributed by atoms with Gasteiger partial charge in [-0.05, 0) is 46.8 Å². The van der Waals surface area contributed by atoms with Gasteiger partial charge in [-0.1, -0.05) is 6.92 Å². The van der Waals surface area contributed by atoms with E-state index in [9.17, 15) is 4.79 Å². The number of nitrogens with one attached hydrogen (secondary N) is 1. The third kappa shape index (κ3) is 4.39. The molecule has 0 spiro atoms. The van der Waals surface area contributed by atoms with Crippen molar-refractivity contribution in [2.45, 2.75) is 20.4 Å². The molecule has 1 heterocycles. The first kappa shape index (κ1) is 14.6. The summed E-state index contributed by atoms with van der Waals surface area (Å²) in [6, 6.07) is 1.86. The van der Waals surface area contributed by atoms with Crippen LogP contribution in [0.5, 0.6) is 0 Å². The number of aryl methyl sites for hydroxylation is 1. The first-order valence-corrected chi connectivity index (χ1v) is 7.90. The summed E-state index contributed by atoms with van der Waals surface area (Å²) < 4.78 is 2.89. The molecule has 1 amide bonds. The molecule has 1 rings (SSSR count). The van der Waals surface area contributed by atoms with E-state index < -0.39 is 0 Å². The number of carbonyl (C=O) groups is 1. The molecule has 96 valence electrons. The lowest BCUT2D eigenvalue weighted by Crippen LogP contribution is -2.30. The molecule has 0 radical (unpaired) electrons. The zero-order valence-electron chi connectivity index (χ0n) is 10.5. The zero-order valence-corrected chi connectivity index (χ0v) is 12.9. The SMILES string of the molecule is CCn1cc(Br)cc1C(=O)NCC(C)CSC. The topological polar surface area (TPSA) is 34.0 Å². The Balaban J connectivity index is 2.57. The van der Waals surface area contributed by atoms with Crippen LogP contribution in [0.15, 0.2) is 16.7 Å². The summed E-state index contributed by atoms with van der Waals surface area (Å²) in [5.74, 6) is 1.58. The van der Waals surface area contributed by atoms with E-state index in [0.717, 1.165) is 29.0 Å². The zero-order chi connectivity index (χ0) is 12.8. The minimum Gasteiger partial charge on any atom is -0.350 e. The standard InChI is InChI=1S/C12H19BrN2OS/c1-4-15-7-10(13)5-11(15)12(16)14-6-9(2)8-17-3/h5,7,9H,4,6,8H2,1-3H3,(H,14,16). The predicted octanol–water partition coefficient (Wildman–Crippen LogP) is 3.00. The Morgan fingerprint density at radius 2 is 2.35 bits per heavy atom. The molecule has 1 atom stereocenters. The van der Waals surface area contributed by atoms with Gasteiger partial charge in [0.1, 0.15) is 5.69 Å². The maximum Gasteiger partial charge on any atom is 0.267 e. The van der Waals surface area contributed by atoms with Crippen LogP contribution in [0.4, 0.5) is 0 Å². The van der Waals surface area contributed by atoms with Crippen molar-refractivity contribution in [3.05, 3.63) is 22.4 Å². The number of amides is 1. The summed E-state index contributed by atoms with van der Waals surface area (Å²) in [6.45, 7) is 5.70. The van der Waals surface area contributed by atoms with E-state index in [-0.39, 0.29) is 5.91 Å². The smallest absolute Gasteiger partial charge is 0.267 e. The Labute approximate surface area is 115 Å². The fourth-order valence-electron chi connectivity index (χ4n) is 1.63. The van der Waals surface area contributed by atoms with Crippen LogP contribution in [0.25, 0.3) is 0 Å². The van der Waals surface area contributed by atoms with Crippen LogP contribution in [0, 0.1) is 5.92 Å². The van der Waals surface area contributed by atoms with Gasteiger partial charge in [0.25, 0.3) is 5.91 Å². The molecule has 1 aromatic heterocycles. The van der Waals surface area contributed by atoms with Gasteiger partial charge in [0.15, 0.2) is 0 Å². The van der Waals surface area contributed by atoms with Crippen LogP contribution in [0.2, 0.25) is 0 Å². The number of hydrogen-bond acceptors (Lipinski definition) is 2. The Bertz CT molecular complexity index is 379. The Hall–Kier alpha value is -0.420. The summed E-state index contributed by atoms with van der Waals surface area (Å²) >= 11 is 5.20. The average molecular weight is 319 g/mol. The van der Waals surface area contributed by atoms with E-state index in [4.69, 9.17) is 0 Å². The number of halogens is 1. The maximum atomic E-state index is 12.0. The largest absolute Gasteiger partial charge is 0.350 e. The van der Waals surface area contributed by atoms with E-state index in [1.807, 2.05) is 23.8 Å². The molecule has 0 bridgehead atoms. The number of nitrogens with zero attached hydrogens (tertiary/aromatic N) is 1. The van der Waals surface area contributed by atoms with Crippen molar-refractivity contribution in [1.82, 2.24) is 9.88 Å². The van der Waals surface area contributed by atoms with Gasteiger partial charge in [0.05, 0.1) is 0 Å². The number of hydrogen-bond donors (Lipinski definition) is 1. The third-order valence-corrected chi connectivity index (χ3v) is 3.83. The average Bonchev–Trinajstić information content (AvgIpc) is 2.68. The lowest BCUT2D eigenvalue weighted by Gasteiger charge is -2.12. The van der Waals surface area contributed by atoms with Gasteiger partial charge in [-0.25, -0.2) is 0 Å². The van der Waals surface area contributed by atoms with Crippen LogP contribution in [0.3, 0.4) is 0 Å². The molecule has 1 N–H and O–H groups in total. The summed E-state index contributed by atoms with van der Waals surface area (Å²) in [7, 11) is 0. The van der Waals surface area contributed by atoms with E-state index in [1.54, 1.807) is 11.8 Å². The molecule has 5 heteroatoms. The van der Waals surface area contributed by atoms with E-state index in [0.29, 0.717) is 5.92 Å². The van der Waals surface area contributed by atoms with Crippen molar-refractivity contribution in [2.75, 3.05) is 18.6 Å². The molecule has 0 saturated heterocycles. The van der Waals surface area contributed by atoms with Crippen molar-refractivity contribution in [1.29, 1.82) is 0 Å². The lowest BCUT2D eigenvalue weighted by atomic mass is 10.2. The van der Waals surface area contributed by atoms with Crippen LogP contribution in [-0.2, 0) is 6.54 Å². The van der Waals surface area contributed by atoms with Gasteiger partial charge >= 0.3 is 0 Å². The minimum atomic E-state index is 0.00510. The molecule has 0 aliphatic rings. The van der Waals surface area contributed by atoms with Crippen LogP contribution < -0.4 is 5.32 Å². The second-order valence-corrected chi connectivity index (χ2v) is 5.93. The molecule has 0 aliphatic carbocycles.